The van der Waals surface area contributed by atoms with Gasteiger partial charge in [-0.1, -0.05) is 0 Å². The van der Waals surface area contributed by atoms with Crippen LogP contribution < -0.4 is 5.32 Å². The van der Waals surface area contributed by atoms with E-state index in [0.717, 1.165) is 55.9 Å². The van der Waals surface area contributed by atoms with Crippen LogP contribution in [0.5, 0.6) is 0 Å². The van der Waals surface area contributed by atoms with Gasteiger partial charge >= 0.3 is 0 Å². The summed E-state index contributed by atoms with van der Waals surface area (Å²) in [5, 5.41) is 13.0. The maximum Gasteiger partial charge on any atom is 0.270 e. The number of hydrogen-bond donors (Lipinski definition) is 2. The molecule has 1 amide bonds. The zero-order valence-electron chi connectivity index (χ0n) is 14.9. The number of carbonyl (C=O) groups is 1. The van der Waals surface area contributed by atoms with Gasteiger partial charge in [0.05, 0.1) is 6.04 Å². The first kappa shape index (κ1) is 16.4. The number of carbonyl (C=O) groups excluding carboxylic acids is 1. The van der Waals surface area contributed by atoms with Crippen LogP contribution in [0.25, 0.3) is 10.9 Å². The minimum Gasteiger partial charge on any atom is -0.350 e. The van der Waals surface area contributed by atoms with Gasteiger partial charge in [-0.3, -0.25) is 4.79 Å². The van der Waals surface area contributed by atoms with Crippen molar-refractivity contribution in [3.05, 3.63) is 47.4 Å². The van der Waals surface area contributed by atoms with E-state index in [0.29, 0.717) is 17.8 Å². The van der Waals surface area contributed by atoms with Crippen LogP contribution in [0.4, 0.5) is 4.39 Å². The highest BCUT2D eigenvalue weighted by atomic mass is 19.1. The summed E-state index contributed by atoms with van der Waals surface area (Å²) in [6.07, 6.45) is 2.67. The monoisotopic (exact) mass is 368 g/mol. The van der Waals surface area contributed by atoms with Crippen LogP contribution in [0.2, 0.25) is 0 Å². The number of halogens is 1. The molecule has 0 aliphatic carbocycles. The smallest absolute Gasteiger partial charge is 0.270 e. The summed E-state index contributed by atoms with van der Waals surface area (Å²) in [5.74, 6) is 1.47. The van der Waals surface area contributed by atoms with Crippen LogP contribution in [0, 0.1) is 5.82 Å². The van der Waals surface area contributed by atoms with E-state index in [1.54, 1.807) is 12.1 Å². The number of rotatable bonds is 2. The Morgan fingerprint density at radius 3 is 3.04 bits per heavy atom. The summed E-state index contributed by atoms with van der Waals surface area (Å²) in [6, 6.07) is 6.23. The lowest BCUT2D eigenvalue weighted by Crippen LogP contribution is -2.32. The van der Waals surface area contributed by atoms with Gasteiger partial charge in [-0.05, 0) is 37.1 Å². The molecule has 2 aromatic heterocycles. The Balaban J connectivity index is 1.47. The van der Waals surface area contributed by atoms with E-state index < -0.39 is 0 Å². The molecule has 4 heterocycles. The molecule has 2 aliphatic rings. The van der Waals surface area contributed by atoms with Gasteiger partial charge < -0.3 is 19.8 Å². The molecule has 0 spiro atoms. The van der Waals surface area contributed by atoms with Crippen LogP contribution in [-0.4, -0.2) is 50.2 Å². The van der Waals surface area contributed by atoms with Crippen molar-refractivity contribution in [3.63, 3.8) is 0 Å². The van der Waals surface area contributed by atoms with Crippen LogP contribution in [0.1, 0.15) is 41.0 Å². The van der Waals surface area contributed by atoms with Crippen molar-refractivity contribution in [2.24, 2.45) is 0 Å². The molecular weight excluding hydrogens is 347 g/mol. The molecule has 1 atom stereocenters. The minimum atomic E-state index is -0.317. The second-order valence-electron chi connectivity index (χ2n) is 7.20. The van der Waals surface area contributed by atoms with Gasteiger partial charge in [0.1, 0.15) is 17.3 Å². The fraction of sp³-hybridized carbons (Fsp3) is 0.421. The van der Waals surface area contributed by atoms with Gasteiger partial charge in [-0.2, -0.15) is 0 Å². The summed E-state index contributed by atoms with van der Waals surface area (Å²) >= 11 is 0. The van der Waals surface area contributed by atoms with Gasteiger partial charge in [0.25, 0.3) is 5.91 Å². The molecule has 1 aromatic carbocycles. The Kier molecular flexibility index (Phi) is 3.93. The molecule has 1 saturated heterocycles. The summed E-state index contributed by atoms with van der Waals surface area (Å²) in [5.41, 5.74) is 1.12. The molecule has 7 nitrogen and oxygen atoms in total. The zero-order valence-corrected chi connectivity index (χ0v) is 14.9. The highest BCUT2D eigenvalue weighted by molar-refractivity contribution is 5.98. The largest absolute Gasteiger partial charge is 0.350 e. The van der Waals surface area contributed by atoms with E-state index in [4.69, 9.17) is 0 Å². The van der Waals surface area contributed by atoms with Crippen molar-refractivity contribution in [1.82, 2.24) is 30.0 Å². The minimum absolute atomic E-state index is 0.0694. The molecule has 140 valence electrons. The maximum atomic E-state index is 13.5. The Morgan fingerprint density at radius 1 is 1.19 bits per heavy atom. The molecule has 2 aliphatic heterocycles. The van der Waals surface area contributed by atoms with E-state index in [1.165, 1.54) is 12.1 Å². The van der Waals surface area contributed by atoms with Crippen molar-refractivity contribution in [1.29, 1.82) is 0 Å². The molecule has 0 saturated carbocycles. The highest BCUT2D eigenvalue weighted by Crippen LogP contribution is 2.33. The molecule has 8 heteroatoms. The molecule has 3 aromatic rings. The van der Waals surface area contributed by atoms with Gasteiger partial charge in [0, 0.05) is 43.5 Å². The van der Waals surface area contributed by atoms with Crippen LogP contribution in [0.15, 0.2) is 24.3 Å². The van der Waals surface area contributed by atoms with Gasteiger partial charge in [-0.25, -0.2) is 4.39 Å². The third-order valence-electron chi connectivity index (χ3n) is 5.52. The van der Waals surface area contributed by atoms with E-state index in [1.807, 2.05) is 4.90 Å². The Morgan fingerprint density at radius 2 is 2.11 bits per heavy atom. The van der Waals surface area contributed by atoms with Gasteiger partial charge in [0.2, 0.25) is 0 Å². The summed E-state index contributed by atoms with van der Waals surface area (Å²) in [6.45, 7) is 3.29. The third kappa shape index (κ3) is 2.80. The summed E-state index contributed by atoms with van der Waals surface area (Å²) < 4.78 is 15.6. The predicted molar refractivity (Wildman–Crippen MR) is 97.9 cm³/mol. The van der Waals surface area contributed by atoms with Crippen molar-refractivity contribution in [2.75, 3.05) is 19.6 Å². The molecule has 5 rings (SSSR count). The number of fused-ring (bicyclic) bond motifs is 2. The number of benzene rings is 1. The van der Waals surface area contributed by atoms with E-state index in [2.05, 4.69) is 25.1 Å². The first-order chi connectivity index (χ1) is 13.2. The topological polar surface area (TPSA) is 78.8 Å². The number of nitrogens with one attached hydrogen (secondary N) is 2. The Hall–Kier alpha value is -2.74. The SMILES string of the molecule is O=C(c1cc2ccc(F)cc2[nH]1)N1CCC[C@H]1c1nnc2n1CCNCC2. The van der Waals surface area contributed by atoms with Gasteiger partial charge in [-0.15, -0.1) is 10.2 Å². The lowest BCUT2D eigenvalue weighted by molar-refractivity contribution is 0.0722. The maximum absolute atomic E-state index is 13.5. The van der Waals surface area contributed by atoms with E-state index in [9.17, 15) is 9.18 Å². The lowest BCUT2D eigenvalue weighted by Gasteiger charge is -2.24. The lowest BCUT2D eigenvalue weighted by atomic mass is 10.2. The molecular formula is C19H21FN6O. The molecule has 2 N–H and O–H groups in total. The average molecular weight is 368 g/mol. The molecule has 0 bridgehead atoms. The highest BCUT2D eigenvalue weighted by Gasteiger charge is 2.35. The fourth-order valence-corrected chi connectivity index (χ4v) is 4.19. The van der Waals surface area contributed by atoms with Crippen LogP contribution >= 0.6 is 0 Å². The Labute approximate surface area is 155 Å². The zero-order chi connectivity index (χ0) is 18.4. The summed E-state index contributed by atoms with van der Waals surface area (Å²) in [7, 11) is 0. The van der Waals surface area contributed by atoms with Crippen molar-refractivity contribution in [3.8, 4) is 0 Å². The van der Waals surface area contributed by atoms with Crippen molar-refractivity contribution >= 4 is 16.8 Å². The fourth-order valence-electron chi connectivity index (χ4n) is 4.19. The number of likely N-dealkylation sites (tertiary alicyclic amines) is 1. The molecule has 0 radical (unpaired) electrons. The standard InChI is InChI=1S/C19H21FN6O/c20-13-4-3-12-10-15(22-14(12)11-13)19(27)25-8-1-2-16(25)18-24-23-17-5-6-21-7-9-26(17)18/h3-4,10-11,16,21-22H,1-2,5-9H2/t16-/m0/s1. The number of aromatic nitrogens is 4. The first-order valence-electron chi connectivity index (χ1n) is 9.42. The Bertz CT molecular complexity index is 1010. The van der Waals surface area contributed by atoms with Crippen LogP contribution in [-0.2, 0) is 13.0 Å². The quantitative estimate of drug-likeness (QED) is 0.725. The molecule has 0 unspecified atom stereocenters. The molecule has 27 heavy (non-hydrogen) atoms. The van der Waals surface area contributed by atoms with Crippen molar-refractivity contribution in [2.45, 2.75) is 31.8 Å². The van der Waals surface area contributed by atoms with Crippen molar-refractivity contribution < 1.29 is 9.18 Å². The normalized spacial score (nSPS) is 20.0. The van der Waals surface area contributed by atoms with E-state index >= 15 is 0 Å². The third-order valence-corrected chi connectivity index (χ3v) is 5.52. The number of aromatic amines is 1. The van der Waals surface area contributed by atoms with E-state index in [-0.39, 0.29) is 17.8 Å². The number of hydrogen-bond acceptors (Lipinski definition) is 4. The first-order valence-corrected chi connectivity index (χ1v) is 9.42. The second kappa shape index (κ2) is 6.45. The number of H-pyrrole nitrogens is 1. The average Bonchev–Trinajstić information content (AvgIpc) is 3.35. The van der Waals surface area contributed by atoms with Crippen LogP contribution in [0.3, 0.4) is 0 Å². The predicted octanol–water partition coefficient (Wildman–Crippen LogP) is 2.02. The van der Waals surface area contributed by atoms with Gasteiger partial charge in [0.15, 0.2) is 5.82 Å². The molecule has 1 fully saturated rings. The number of nitrogens with zero attached hydrogens (tertiary/aromatic N) is 4. The second-order valence-corrected chi connectivity index (χ2v) is 7.20. The summed E-state index contributed by atoms with van der Waals surface area (Å²) in [4.78, 5) is 18.1. The number of amides is 1.